The van der Waals surface area contributed by atoms with Gasteiger partial charge in [0.25, 0.3) is 0 Å². The Morgan fingerprint density at radius 3 is 2.87 bits per heavy atom. The molecule has 0 spiro atoms. The fourth-order valence-electron chi connectivity index (χ4n) is 1.87. The minimum absolute atomic E-state index is 0.0469. The van der Waals surface area contributed by atoms with Gasteiger partial charge in [-0.2, -0.15) is 0 Å². The first-order valence-electron chi connectivity index (χ1n) is 5.54. The summed E-state index contributed by atoms with van der Waals surface area (Å²) in [4.78, 5) is 4.32. The van der Waals surface area contributed by atoms with E-state index in [4.69, 9.17) is 5.11 Å². The van der Waals surface area contributed by atoms with E-state index in [1.807, 2.05) is 13.1 Å². The van der Waals surface area contributed by atoms with E-state index in [-0.39, 0.29) is 6.10 Å². The van der Waals surface area contributed by atoms with Gasteiger partial charge in [-0.1, -0.05) is 6.07 Å². The number of aliphatic hydroxyl groups excluding tert-OH is 1. The number of rotatable bonds is 4. The maximum absolute atomic E-state index is 9.13. The molecule has 1 aromatic heterocycles. The van der Waals surface area contributed by atoms with Crippen molar-refractivity contribution in [3.05, 3.63) is 29.6 Å². The van der Waals surface area contributed by atoms with Crippen molar-refractivity contribution in [3.63, 3.8) is 0 Å². The fraction of sp³-hybridized carbons (Fsp3) is 0.583. The van der Waals surface area contributed by atoms with Crippen molar-refractivity contribution in [3.8, 4) is 0 Å². The summed E-state index contributed by atoms with van der Waals surface area (Å²) in [6.07, 6.45) is 3.75. The third kappa shape index (κ3) is 3.01. The van der Waals surface area contributed by atoms with Gasteiger partial charge in [0.05, 0.1) is 11.8 Å². The number of aliphatic hydroxyl groups is 1. The van der Waals surface area contributed by atoms with Crippen LogP contribution in [0.3, 0.4) is 0 Å². The van der Waals surface area contributed by atoms with Gasteiger partial charge in [-0.25, -0.2) is 0 Å². The molecule has 0 bridgehead atoms. The standard InChI is InChI=1S/C12H18N2O/c1-9-2-3-11(14-6-9)8-13-7-10-4-12(15)5-10/h2-3,6,10,12-13,15H,4-5,7-8H2,1H3. The highest BCUT2D eigenvalue weighted by atomic mass is 16.3. The van der Waals surface area contributed by atoms with E-state index in [0.29, 0.717) is 5.92 Å². The Bertz CT molecular complexity index is 304. The third-order valence-electron chi connectivity index (χ3n) is 2.92. The van der Waals surface area contributed by atoms with E-state index in [1.165, 1.54) is 5.56 Å². The summed E-state index contributed by atoms with van der Waals surface area (Å²) in [6, 6.07) is 4.13. The molecule has 1 fully saturated rings. The van der Waals surface area contributed by atoms with Crippen molar-refractivity contribution in [2.24, 2.45) is 5.92 Å². The molecule has 15 heavy (non-hydrogen) atoms. The number of pyridine rings is 1. The quantitative estimate of drug-likeness (QED) is 0.779. The topological polar surface area (TPSA) is 45.1 Å². The summed E-state index contributed by atoms with van der Waals surface area (Å²) in [6.45, 7) is 3.86. The Kier molecular flexibility index (Phi) is 3.34. The molecule has 0 saturated heterocycles. The Labute approximate surface area is 90.5 Å². The molecule has 1 aromatic rings. The molecule has 0 amide bonds. The van der Waals surface area contributed by atoms with Gasteiger partial charge in [0.2, 0.25) is 0 Å². The number of hydrogen-bond acceptors (Lipinski definition) is 3. The first kappa shape index (κ1) is 10.6. The zero-order valence-electron chi connectivity index (χ0n) is 9.11. The smallest absolute Gasteiger partial charge is 0.0546 e. The van der Waals surface area contributed by atoms with E-state index in [1.54, 1.807) is 0 Å². The monoisotopic (exact) mass is 206 g/mol. The minimum atomic E-state index is -0.0469. The molecule has 2 rings (SSSR count). The van der Waals surface area contributed by atoms with Crippen LogP contribution in [-0.2, 0) is 6.54 Å². The van der Waals surface area contributed by atoms with Crippen LogP contribution in [-0.4, -0.2) is 22.7 Å². The van der Waals surface area contributed by atoms with E-state index in [0.717, 1.165) is 31.6 Å². The molecular formula is C12H18N2O. The van der Waals surface area contributed by atoms with Crippen LogP contribution >= 0.6 is 0 Å². The third-order valence-corrected chi connectivity index (χ3v) is 2.92. The van der Waals surface area contributed by atoms with Crippen LogP contribution in [0.1, 0.15) is 24.1 Å². The van der Waals surface area contributed by atoms with Crippen molar-refractivity contribution in [2.75, 3.05) is 6.54 Å². The molecule has 0 atom stereocenters. The average Bonchev–Trinajstić information content (AvgIpc) is 2.18. The molecule has 1 aliphatic rings. The van der Waals surface area contributed by atoms with Crippen molar-refractivity contribution >= 4 is 0 Å². The van der Waals surface area contributed by atoms with Crippen LogP contribution < -0.4 is 5.32 Å². The van der Waals surface area contributed by atoms with E-state index in [9.17, 15) is 0 Å². The summed E-state index contributed by atoms with van der Waals surface area (Å²) in [5.74, 6) is 0.658. The van der Waals surface area contributed by atoms with E-state index < -0.39 is 0 Å². The molecule has 3 nitrogen and oxygen atoms in total. The minimum Gasteiger partial charge on any atom is -0.393 e. The van der Waals surface area contributed by atoms with Gasteiger partial charge in [0.15, 0.2) is 0 Å². The SMILES string of the molecule is Cc1ccc(CNCC2CC(O)C2)nc1. The second-order valence-electron chi connectivity index (χ2n) is 4.45. The Morgan fingerprint density at radius 1 is 1.47 bits per heavy atom. The summed E-state index contributed by atoms with van der Waals surface area (Å²) >= 11 is 0. The average molecular weight is 206 g/mol. The molecule has 0 radical (unpaired) electrons. The molecule has 82 valence electrons. The van der Waals surface area contributed by atoms with Crippen molar-refractivity contribution in [2.45, 2.75) is 32.4 Å². The Hall–Kier alpha value is -0.930. The molecular weight excluding hydrogens is 188 g/mol. The molecule has 1 aliphatic carbocycles. The van der Waals surface area contributed by atoms with Crippen molar-refractivity contribution < 1.29 is 5.11 Å². The Morgan fingerprint density at radius 2 is 2.27 bits per heavy atom. The summed E-state index contributed by atoms with van der Waals surface area (Å²) in [7, 11) is 0. The lowest BCUT2D eigenvalue weighted by molar-refractivity contribution is 0.0429. The van der Waals surface area contributed by atoms with Gasteiger partial charge >= 0.3 is 0 Å². The molecule has 0 aromatic carbocycles. The second-order valence-corrected chi connectivity index (χ2v) is 4.45. The number of nitrogens with zero attached hydrogens (tertiary/aromatic N) is 1. The van der Waals surface area contributed by atoms with E-state index in [2.05, 4.69) is 22.4 Å². The predicted molar refractivity (Wildman–Crippen MR) is 59.4 cm³/mol. The fourth-order valence-corrected chi connectivity index (χ4v) is 1.87. The molecule has 0 unspecified atom stereocenters. The van der Waals surface area contributed by atoms with Gasteiger partial charge in [0, 0.05) is 12.7 Å². The number of aryl methyl sites for hydroxylation is 1. The van der Waals surface area contributed by atoms with Gasteiger partial charge in [0.1, 0.15) is 0 Å². The Balaban J connectivity index is 1.67. The van der Waals surface area contributed by atoms with Gasteiger partial charge in [-0.05, 0) is 43.9 Å². The summed E-state index contributed by atoms with van der Waals surface area (Å²) in [5.41, 5.74) is 2.28. The molecule has 3 heteroatoms. The van der Waals surface area contributed by atoms with Crippen molar-refractivity contribution in [1.82, 2.24) is 10.3 Å². The molecule has 2 N–H and O–H groups in total. The van der Waals surface area contributed by atoms with Gasteiger partial charge in [-0.15, -0.1) is 0 Å². The maximum atomic E-state index is 9.13. The lowest BCUT2D eigenvalue weighted by atomic mass is 9.82. The van der Waals surface area contributed by atoms with Crippen molar-refractivity contribution in [1.29, 1.82) is 0 Å². The van der Waals surface area contributed by atoms with Crippen LogP contribution in [0.25, 0.3) is 0 Å². The molecule has 0 aliphatic heterocycles. The second kappa shape index (κ2) is 4.73. The van der Waals surface area contributed by atoms with Crippen LogP contribution in [0.2, 0.25) is 0 Å². The zero-order chi connectivity index (χ0) is 10.7. The summed E-state index contributed by atoms with van der Waals surface area (Å²) < 4.78 is 0. The van der Waals surface area contributed by atoms with Crippen LogP contribution in [0.5, 0.6) is 0 Å². The summed E-state index contributed by atoms with van der Waals surface area (Å²) in [5, 5.41) is 12.5. The highest BCUT2D eigenvalue weighted by molar-refractivity contribution is 5.11. The van der Waals surface area contributed by atoms with Gasteiger partial charge < -0.3 is 10.4 Å². The normalized spacial score (nSPS) is 24.9. The first-order valence-corrected chi connectivity index (χ1v) is 5.54. The lowest BCUT2D eigenvalue weighted by Crippen LogP contribution is -2.35. The maximum Gasteiger partial charge on any atom is 0.0546 e. The van der Waals surface area contributed by atoms with Crippen LogP contribution in [0, 0.1) is 12.8 Å². The van der Waals surface area contributed by atoms with Gasteiger partial charge in [-0.3, -0.25) is 4.98 Å². The number of nitrogens with one attached hydrogen (secondary N) is 1. The highest BCUT2D eigenvalue weighted by Gasteiger charge is 2.26. The van der Waals surface area contributed by atoms with E-state index >= 15 is 0 Å². The first-order chi connectivity index (χ1) is 7.24. The van der Waals surface area contributed by atoms with Crippen LogP contribution in [0.15, 0.2) is 18.3 Å². The number of aromatic nitrogens is 1. The zero-order valence-corrected chi connectivity index (χ0v) is 9.11. The molecule has 1 saturated carbocycles. The highest BCUT2D eigenvalue weighted by Crippen LogP contribution is 2.26. The lowest BCUT2D eigenvalue weighted by Gasteiger charge is -2.31. The predicted octanol–water partition coefficient (Wildman–Crippen LogP) is 1.25. The largest absolute Gasteiger partial charge is 0.393 e. The van der Waals surface area contributed by atoms with Crippen LogP contribution in [0.4, 0.5) is 0 Å². The molecule has 1 heterocycles. The number of hydrogen-bond donors (Lipinski definition) is 2.